The van der Waals surface area contributed by atoms with Crippen LogP contribution in [0.3, 0.4) is 0 Å². The normalized spacial score (nSPS) is 20.9. The number of ether oxygens (including phenoxy) is 2. The molecule has 1 aliphatic heterocycles. The Morgan fingerprint density at radius 1 is 1.12 bits per heavy atom. The monoisotopic (exact) mass is 334 g/mol. The van der Waals surface area contributed by atoms with Gasteiger partial charge in [-0.2, -0.15) is 0 Å². The number of methoxy groups -OCH3 is 1. The first kappa shape index (κ1) is 18.6. The molecule has 0 spiro atoms. The Balaban J connectivity index is 1.93. The molecular formula is C19H30N2O3. The molecule has 1 heterocycles. The Morgan fingerprint density at radius 3 is 2.12 bits per heavy atom. The molecule has 1 aromatic rings. The van der Waals surface area contributed by atoms with Crippen molar-refractivity contribution >= 4 is 5.91 Å². The summed E-state index contributed by atoms with van der Waals surface area (Å²) in [6.07, 6.45) is 1.26. The predicted octanol–water partition coefficient (Wildman–Crippen LogP) is 2.89. The molecule has 2 rings (SSSR count). The fourth-order valence-electron chi connectivity index (χ4n) is 3.65. The zero-order valence-corrected chi connectivity index (χ0v) is 15.6. The maximum absolute atomic E-state index is 12.5. The number of hydrogen-bond acceptors (Lipinski definition) is 4. The number of hydrogen-bond donors (Lipinski definition) is 2. The van der Waals surface area contributed by atoms with Crippen molar-refractivity contribution in [2.75, 3.05) is 7.11 Å². The summed E-state index contributed by atoms with van der Waals surface area (Å²) in [5, 5.41) is 6.76. The minimum absolute atomic E-state index is 0.000223. The summed E-state index contributed by atoms with van der Waals surface area (Å²) in [5.41, 5.74) is -0.000446. The van der Waals surface area contributed by atoms with E-state index >= 15 is 0 Å². The van der Waals surface area contributed by atoms with Gasteiger partial charge in [0.1, 0.15) is 11.5 Å². The lowest BCUT2D eigenvalue weighted by molar-refractivity contribution is -0.128. The van der Waals surface area contributed by atoms with Crippen molar-refractivity contribution in [2.45, 2.75) is 70.7 Å². The summed E-state index contributed by atoms with van der Waals surface area (Å²) in [4.78, 5) is 12.5. The summed E-state index contributed by atoms with van der Waals surface area (Å²) < 4.78 is 10.9. The van der Waals surface area contributed by atoms with Gasteiger partial charge in [0.2, 0.25) is 0 Å². The molecule has 24 heavy (non-hydrogen) atoms. The van der Waals surface area contributed by atoms with Crippen LogP contribution in [0.25, 0.3) is 0 Å². The molecule has 0 bridgehead atoms. The summed E-state index contributed by atoms with van der Waals surface area (Å²) >= 11 is 0. The van der Waals surface area contributed by atoms with Crippen molar-refractivity contribution < 1.29 is 14.3 Å². The Bertz CT molecular complexity index is 550. The number of carbonyl (C=O) groups is 1. The van der Waals surface area contributed by atoms with E-state index in [1.54, 1.807) is 26.2 Å². The first-order valence-corrected chi connectivity index (χ1v) is 8.51. The van der Waals surface area contributed by atoms with Crippen molar-refractivity contribution in [3.05, 3.63) is 24.3 Å². The van der Waals surface area contributed by atoms with Crippen molar-refractivity contribution in [2.24, 2.45) is 0 Å². The Morgan fingerprint density at radius 2 is 1.62 bits per heavy atom. The van der Waals surface area contributed by atoms with Crippen LogP contribution in [0.2, 0.25) is 0 Å². The van der Waals surface area contributed by atoms with E-state index < -0.39 is 6.10 Å². The van der Waals surface area contributed by atoms with Crippen LogP contribution in [0.15, 0.2) is 24.3 Å². The summed E-state index contributed by atoms with van der Waals surface area (Å²) in [6.45, 7) is 10.5. The summed E-state index contributed by atoms with van der Waals surface area (Å²) in [5.74, 6) is 1.34. The van der Waals surface area contributed by atoms with Crippen molar-refractivity contribution in [1.82, 2.24) is 10.6 Å². The number of nitrogens with one attached hydrogen (secondary N) is 2. The van der Waals surface area contributed by atoms with Crippen LogP contribution in [-0.2, 0) is 4.79 Å². The van der Waals surface area contributed by atoms with E-state index in [2.05, 4.69) is 38.3 Å². The van der Waals surface area contributed by atoms with Gasteiger partial charge in [0.15, 0.2) is 6.10 Å². The highest BCUT2D eigenvalue weighted by Crippen LogP contribution is 2.28. The van der Waals surface area contributed by atoms with Crippen LogP contribution in [-0.4, -0.2) is 36.2 Å². The first-order chi connectivity index (χ1) is 11.1. The zero-order chi connectivity index (χ0) is 18.0. The third-order valence-electron chi connectivity index (χ3n) is 4.28. The average molecular weight is 334 g/mol. The van der Waals surface area contributed by atoms with Gasteiger partial charge in [-0.3, -0.25) is 4.79 Å². The molecule has 2 N–H and O–H groups in total. The van der Waals surface area contributed by atoms with E-state index in [-0.39, 0.29) is 23.0 Å². The minimum Gasteiger partial charge on any atom is -0.497 e. The van der Waals surface area contributed by atoms with E-state index in [0.717, 1.165) is 18.6 Å². The molecule has 0 saturated carbocycles. The third kappa shape index (κ3) is 5.13. The molecular weight excluding hydrogens is 304 g/mol. The fraction of sp³-hybridized carbons (Fsp3) is 0.632. The number of rotatable bonds is 5. The van der Waals surface area contributed by atoms with E-state index in [4.69, 9.17) is 9.47 Å². The molecule has 0 radical (unpaired) electrons. The molecule has 0 aromatic heterocycles. The molecule has 134 valence electrons. The zero-order valence-electron chi connectivity index (χ0n) is 15.6. The van der Waals surface area contributed by atoms with Crippen molar-refractivity contribution in [3.63, 3.8) is 0 Å². The second-order valence-electron chi connectivity index (χ2n) is 7.94. The van der Waals surface area contributed by atoms with Gasteiger partial charge in [0, 0.05) is 17.1 Å². The van der Waals surface area contributed by atoms with Crippen LogP contribution >= 0.6 is 0 Å². The SMILES string of the molecule is COc1ccc(O[C@@H](C)C(=O)NC2CC(C)(C)NC(C)(C)C2)cc1. The molecule has 1 aliphatic rings. The van der Waals surface area contributed by atoms with Gasteiger partial charge in [-0.05, 0) is 71.7 Å². The lowest BCUT2D eigenvalue weighted by atomic mass is 9.79. The number of carbonyl (C=O) groups excluding carboxylic acids is 1. The maximum Gasteiger partial charge on any atom is 0.260 e. The molecule has 1 atom stereocenters. The Hall–Kier alpha value is -1.75. The van der Waals surface area contributed by atoms with Gasteiger partial charge in [0.05, 0.1) is 7.11 Å². The number of benzene rings is 1. The van der Waals surface area contributed by atoms with E-state index in [0.29, 0.717) is 5.75 Å². The van der Waals surface area contributed by atoms with Crippen LogP contribution in [0.4, 0.5) is 0 Å². The first-order valence-electron chi connectivity index (χ1n) is 8.51. The highest BCUT2D eigenvalue weighted by atomic mass is 16.5. The lowest BCUT2D eigenvalue weighted by Gasteiger charge is -2.46. The van der Waals surface area contributed by atoms with Gasteiger partial charge < -0.3 is 20.1 Å². The molecule has 1 aromatic carbocycles. The van der Waals surface area contributed by atoms with Gasteiger partial charge >= 0.3 is 0 Å². The summed E-state index contributed by atoms with van der Waals surface area (Å²) in [7, 11) is 1.62. The molecule has 5 nitrogen and oxygen atoms in total. The van der Waals surface area contributed by atoms with Gasteiger partial charge in [-0.1, -0.05) is 0 Å². The molecule has 1 saturated heterocycles. The molecule has 5 heteroatoms. The van der Waals surface area contributed by atoms with Gasteiger partial charge in [-0.15, -0.1) is 0 Å². The van der Waals surface area contributed by atoms with Crippen LogP contribution < -0.4 is 20.1 Å². The van der Waals surface area contributed by atoms with Gasteiger partial charge in [-0.25, -0.2) is 0 Å². The number of amides is 1. The standard InChI is InChI=1S/C19H30N2O3/c1-13(24-16-9-7-15(23-6)8-10-16)17(22)20-14-11-18(2,3)21-19(4,5)12-14/h7-10,13-14,21H,11-12H2,1-6H3,(H,20,22)/t13-/m0/s1. The van der Waals surface area contributed by atoms with Crippen molar-refractivity contribution in [1.29, 1.82) is 0 Å². The van der Waals surface area contributed by atoms with Gasteiger partial charge in [0.25, 0.3) is 5.91 Å². The fourth-order valence-corrected chi connectivity index (χ4v) is 3.65. The molecule has 1 amide bonds. The second kappa shape index (κ2) is 7.01. The average Bonchev–Trinajstić information content (AvgIpc) is 2.44. The van der Waals surface area contributed by atoms with E-state index in [1.165, 1.54) is 0 Å². The highest BCUT2D eigenvalue weighted by Gasteiger charge is 2.38. The molecule has 0 unspecified atom stereocenters. The van der Waals surface area contributed by atoms with Crippen LogP contribution in [0.5, 0.6) is 11.5 Å². The van der Waals surface area contributed by atoms with Crippen molar-refractivity contribution in [3.8, 4) is 11.5 Å². The van der Waals surface area contributed by atoms with E-state index in [1.807, 2.05) is 12.1 Å². The topological polar surface area (TPSA) is 59.6 Å². The molecule has 1 fully saturated rings. The maximum atomic E-state index is 12.5. The highest BCUT2D eigenvalue weighted by molar-refractivity contribution is 5.81. The lowest BCUT2D eigenvalue weighted by Crippen LogP contribution is -2.62. The largest absolute Gasteiger partial charge is 0.497 e. The molecule has 0 aliphatic carbocycles. The third-order valence-corrected chi connectivity index (χ3v) is 4.28. The summed E-state index contributed by atoms with van der Waals surface area (Å²) in [6, 6.07) is 7.39. The predicted molar refractivity (Wildman–Crippen MR) is 95.5 cm³/mol. The van der Waals surface area contributed by atoms with E-state index in [9.17, 15) is 4.79 Å². The van der Waals surface area contributed by atoms with Crippen LogP contribution in [0.1, 0.15) is 47.5 Å². The second-order valence-corrected chi connectivity index (χ2v) is 7.94. The Labute approximate surface area is 145 Å². The smallest absolute Gasteiger partial charge is 0.260 e. The van der Waals surface area contributed by atoms with Crippen LogP contribution in [0, 0.1) is 0 Å². The quantitative estimate of drug-likeness (QED) is 0.869. The minimum atomic E-state index is -0.542. The Kier molecular flexibility index (Phi) is 5.43. The number of piperidine rings is 1.